The first-order valence-electron chi connectivity index (χ1n) is 5.46. The number of amides is 1. The number of alkyl halides is 3. The van der Waals surface area contributed by atoms with Gasteiger partial charge in [-0.15, -0.1) is 0 Å². The smallest absolute Gasteiger partial charge is 0.422 e. The number of ether oxygens (including phenoxy) is 1. The Labute approximate surface area is 108 Å². The van der Waals surface area contributed by atoms with Gasteiger partial charge in [0.1, 0.15) is 0 Å². The SMILES string of the molecule is O=C(OCC(F)(F)F)N(CCO)C1CCS(=O)(=O)C1. The molecule has 1 saturated heterocycles. The summed E-state index contributed by atoms with van der Waals surface area (Å²) < 4.78 is 62.4. The quantitative estimate of drug-likeness (QED) is 0.800. The molecular formula is C9H14F3NO5S. The summed E-state index contributed by atoms with van der Waals surface area (Å²) >= 11 is 0. The Kier molecular flexibility index (Phi) is 5.02. The van der Waals surface area contributed by atoms with Crippen molar-refractivity contribution in [3.8, 4) is 0 Å². The van der Waals surface area contributed by atoms with Gasteiger partial charge in [-0.2, -0.15) is 13.2 Å². The average Bonchev–Trinajstić information content (AvgIpc) is 2.62. The minimum atomic E-state index is -4.65. The Morgan fingerprint density at radius 1 is 1.42 bits per heavy atom. The van der Waals surface area contributed by atoms with E-state index in [9.17, 15) is 26.4 Å². The minimum Gasteiger partial charge on any atom is -0.440 e. The van der Waals surface area contributed by atoms with E-state index in [1.54, 1.807) is 0 Å². The summed E-state index contributed by atoms with van der Waals surface area (Å²) in [5.74, 6) is -0.458. The number of aliphatic hydroxyl groups is 1. The van der Waals surface area contributed by atoms with Crippen molar-refractivity contribution in [1.29, 1.82) is 0 Å². The first kappa shape index (κ1) is 16.0. The van der Waals surface area contributed by atoms with E-state index in [2.05, 4.69) is 4.74 Å². The highest BCUT2D eigenvalue weighted by Gasteiger charge is 2.37. The molecule has 1 N–H and O–H groups in total. The molecule has 1 heterocycles. The molecule has 1 fully saturated rings. The fourth-order valence-electron chi connectivity index (χ4n) is 1.78. The second kappa shape index (κ2) is 5.95. The van der Waals surface area contributed by atoms with Crippen LogP contribution in [0.3, 0.4) is 0 Å². The average molecular weight is 305 g/mol. The number of halogens is 3. The van der Waals surface area contributed by atoms with Crippen LogP contribution in [0.2, 0.25) is 0 Å². The van der Waals surface area contributed by atoms with Gasteiger partial charge in [0.2, 0.25) is 0 Å². The summed E-state index contributed by atoms with van der Waals surface area (Å²) in [6, 6.07) is -0.752. The summed E-state index contributed by atoms with van der Waals surface area (Å²) in [6.45, 7) is -2.50. The van der Waals surface area contributed by atoms with Crippen molar-refractivity contribution in [3.63, 3.8) is 0 Å². The van der Waals surface area contributed by atoms with Gasteiger partial charge in [0.05, 0.1) is 24.2 Å². The van der Waals surface area contributed by atoms with Crippen LogP contribution in [0.4, 0.5) is 18.0 Å². The molecule has 0 aromatic heterocycles. The topological polar surface area (TPSA) is 83.9 Å². The maximum absolute atomic E-state index is 11.9. The highest BCUT2D eigenvalue weighted by Crippen LogP contribution is 2.20. The molecule has 0 aromatic carbocycles. The summed E-state index contributed by atoms with van der Waals surface area (Å²) in [6.07, 6.45) is -5.79. The minimum absolute atomic E-state index is 0.128. The molecule has 1 rings (SSSR count). The Morgan fingerprint density at radius 3 is 2.47 bits per heavy atom. The molecule has 0 aliphatic carbocycles. The largest absolute Gasteiger partial charge is 0.440 e. The van der Waals surface area contributed by atoms with Gasteiger partial charge in [0, 0.05) is 6.54 Å². The van der Waals surface area contributed by atoms with Crippen LogP contribution in [0.5, 0.6) is 0 Å². The van der Waals surface area contributed by atoms with E-state index in [1.807, 2.05) is 0 Å². The van der Waals surface area contributed by atoms with E-state index in [0.717, 1.165) is 4.90 Å². The number of sulfone groups is 1. The number of rotatable bonds is 4. The van der Waals surface area contributed by atoms with Crippen LogP contribution < -0.4 is 0 Å². The van der Waals surface area contributed by atoms with E-state index < -0.39 is 41.4 Å². The molecule has 0 spiro atoms. The van der Waals surface area contributed by atoms with Gasteiger partial charge < -0.3 is 14.7 Å². The zero-order valence-corrected chi connectivity index (χ0v) is 10.7. The first-order valence-corrected chi connectivity index (χ1v) is 7.28. The lowest BCUT2D eigenvalue weighted by molar-refractivity contribution is -0.162. The number of hydrogen-bond acceptors (Lipinski definition) is 5. The molecule has 1 amide bonds. The van der Waals surface area contributed by atoms with Gasteiger partial charge in [0.15, 0.2) is 16.4 Å². The summed E-state index contributed by atoms with van der Waals surface area (Å²) in [5.41, 5.74) is 0. The number of carbonyl (C=O) groups is 1. The second-order valence-electron chi connectivity index (χ2n) is 4.14. The maximum atomic E-state index is 11.9. The fraction of sp³-hybridized carbons (Fsp3) is 0.889. The van der Waals surface area contributed by atoms with Crippen molar-refractivity contribution in [2.75, 3.05) is 31.3 Å². The van der Waals surface area contributed by atoms with Crippen LogP contribution in [-0.2, 0) is 14.6 Å². The molecule has 19 heavy (non-hydrogen) atoms. The highest BCUT2D eigenvalue weighted by atomic mass is 32.2. The predicted octanol–water partition coefficient (Wildman–Crippen LogP) is 0.167. The van der Waals surface area contributed by atoms with Crippen molar-refractivity contribution in [2.24, 2.45) is 0 Å². The van der Waals surface area contributed by atoms with Gasteiger partial charge in [-0.25, -0.2) is 13.2 Å². The third kappa shape index (κ3) is 5.23. The number of carbonyl (C=O) groups excluding carboxylic acids is 1. The number of nitrogens with zero attached hydrogens (tertiary/aromatic N) is 1. The molecule has 1 aliphatic heterocycles. The van der Waals surface area contributed by atoms with Crippen LogP contribution in [0.15, 0.2) is 0 Å². The Hall–Kier alpha value is -1.03. The molecule has 1 atom stereocenters. The standard InChI is InChI=1S/C9H14F3NO5S/c10-9(11,12)6-18-8(15)13(2-3-14)7-1-4-19(16,17)5-7/h7,14H,1-6H2. The first-order chi connectivity index (χ1) is 8.64. The normalized spacial score (nSPS) is 22.2. The van der Waals surface area contributed by atoms with Gasteiger partial charge in [-0.05, 0) is 6.42 Å². The molecule has 0 saturated carbocycles. The van der Waals surface area contributed by atoms with Crippen molar-refractivity contribution >= 4 is 15.9 Å². The molecule has 0 radical (unpaired) electrons. The van der Waals surface area contributed by atoms with E-state index in [4.69, 9.17) is 5.11 Å². The summed E-state index contributed by atoms with van der Waals surface area (Å²) in [4.78, 5) is 12.3. The van der Waals surface area contributed by atoms with Crippen LogP contribution in [0, 0.1) is 0 Å². The Bertz CT molecular complexity index is 422. The van der Waals surface area contributed by atoms with Crippen molar-refractivity contribution in [1.82, 2.24) is 4.90 Å². The third-order valence-corrected chi connectivity index (χ3v) is 4.33. The molecule has 6 nitrogen and oxygen atoms in total. The zero-order valence-electron chi connectivity index (χ0n) is 9.89. The third-order valence-electron chi connectivity index (χ3n) is 2.58. The van der Waals surface area contributed by atoms with Crippen LogP contribution in [-0.4, -0.2) is 68.0 Å². The Balaban J connectivity index is 2.64. The second-order valence-corrected chi connectivity index (χ2v) is 6.37. The van der Waals surface area contributed by atoms with E-state index in [1.165, 1.54) is 0 Å². The van der Waals surface area contributed by atoms with Gasteiger partial charge in [0.25, 0.3) is 0 Å². The molecule has 0 aromatic rings. The van der Waals surface area contributed by atoms with Gasteiger partial charge in [-0.3, -0.25) is 0 Å². The van der Waals surface area contributed by atoms with Gasteiger partial charge >= 0.3 is 12.3 Å². The predicted molar refractivity (Wildman–Crippen MR) is 58.3 cm³/mol. The molecule has 1 aliphatic rings. The Morgan fingerprint density at radius 2 is 2.05 bits per heavy atom. The van der Waals surface area contributed by atoms with Crippen molar-refractivity contribution in [2.45, 2.75) is 18.6 Å². The molecular weight excluding hydrogens is 291 g/mol. The lowest BCUT2D eigenvalue weighted by Gasteiger charge is -2.26. The molecule has 0 bridgehead atoms. The number of hydrogen-bond donors (Lipinski definition) is 1. The van der Waals surface area contributed by atoms with Crippen LogP contribution in [0.25, 0.3) is 0 Å². The monoisotopic (exact) mass is 305 g/mol. The lowest BCUT2D eigenvalue weighted by Crippen LogP contribution is -2.44. The molecule has 10 heteroatoms. The maximum Gasteiger partial charge on any atom is 0.422 e. The van der Waals surface area contributed by atoms with E-state index in [-0.39, 0.29) is 24.5 Å². The van der Waals surface area contributed by atoms with Crippen molar-refractivity contribution in [3.05, 3.63) is 0 Å². The van der Waals surface area contributed by atoms with E-state index in [0.29, 0.717) is 0 Å². The molecule has 1 unspecified atom stereocenters. The van der Waals surface area contributed by atoms with Crippen molar-refractivity contribution < 1.29 is 36.2 Å². The lowest BCUT2D eigenvalue weighted by atomic mass is 10.2. The summed E-state index contributed by atoms with van der Waals surface area (Å²) in [7, 11) is -3.29. The summed E-state index contributed by atoms with van der Waals surface area (Å²) in [5, 5.41) is 8.78. The molecule has 112 valence electrons. The highest BCUT2D eigenvalue weighted by molar-refractivity contribution is 7.91. The zero-order chi connectivity index (χ0) is 14.7. The fourth-order valence-corrected chi connectivity index (χ4v) is 3.51. The number of aliphatic hydroxyl groups excluding tert-OH is 1. The van der Waals surface area contributed by atoms with Crippen LogP contribution in [0.1, 0.15) is 6.42 Å². The van der Waals surface area contributed by atoms with E-state index >= 15 is 0 Å². The van der Waals surface area contributed by atoms with Crippen LogP contribution >= 0.6 is 0 Å². The van der Waals surface area contributed by atoms with Gasteiger partial charge in [-0.1, -0.05) is 0 Å².